The van der Waals surface area contributed by atoms with Gasteiger partial charge in [0, 0.05) is 70.7 Å². The second kappa shape index (κ2) is 10.8. The van der Waals surface area contributed by atoms with Gasteiger partial charge in [-0.3, -0.25) is 9.69 Å². The van der Waals surface area contributed by atoms with Crippen LogP contribution < -0.4 is 4.90 Å². The van der Waals surface area contributed by atoms with Crippen LogP contribution in [-0.2, 0) is 26.1 Å². The van der Waals surface area contributed by atoms with Crippen molar-refractivity contribution in [2.24, 2.45) is 5.92 Å². The minimum atomic E-state index is -3.32. The van der Waals surface area contributed by atoms with E-state index in [9.17, 15) is 13.5 Å². The third-order valence-electron chi connectivity index (χ3n) is 4.85. The number of nitrogens with zero attached hydrogens (tertiary/aromatic N) is 5. The van der Waals surface area contributed by atoms with Gasteiger partial charge in [0.1, 0.15) is 0 Å². The molecule has 3 heterocycles. The Hall–Kier alpha value is -1.86. The highest BCUT2D eigenvalue weighted by Crippen LogP contribution is 2.21. The van der Waals surface area contributed by atoms with E-state index in [0.29, 0.717) is 38.8 Å². The monoisotopic (exact) mass is 431 g/mol. The number of anilines is 1. The van der Waals surface area contributed by atoms with E-state index in [4.69, 9.17) is 14.6 Å². The van der Waals surface area contributed by atoms with Crippen LogP contribution in [0.5, 0.6) is 0 Å². The predicted octanol–water partition coefficient (Wildman–Crippen LogP) is -1.30. The molecular weight excluding hydrogens is 402 g/mol. The Morgan fingerprint density at radius 2 is 1.83 bits per heavy atom. The fourth-order valence-electron chi connectivity index (χ4n) is 3.27. The van der Waals surface area contributed by atoms with Crippen molar-refractivity contribution in [2.45, 2.75) is 12.6 Å². The van der Waals surface area contributed by atoms with E-state index >= 15 is 0 Å². The lowest BCUT2D eigenvalue weighted by molar-refractivity contribution is -0.122. The number of hydrogen-bond donors (Lipinski definition) is 2. The minimum absolute atomic E-state index is 0.0376. The normalized spacial score (nSPS) is 23.0. The van der Waals surface area contributed by atoms with Gasteiger partial charge in [0.25, 0.3) is 6.47 Å². The van der Waals surface area contributed by atoms with Crippen LogP contribution in [0.2, 0.25) is 0 Å². The molecule has 2 fully saturated rings. The molecular formula is C17H29N5O6S. The van der Waals surface area contributed by atoms with Gasteiger partial charge >= 0.3 is 0 Å². The number of likely N-dealkylation sites (tertiary alicyclic amines) is 1. The number of ether oxygens (including phenoxy) is 1. The van der Waals surface area contributed by atoms with E-state index in [2.05, 4.69) is 14.9 Å². The van der Waals surface area contributed by atoms with Gasteiger partial charge in [0.2, 0.25) is 16.0 Å². The smallest absolute Gasteiger partial charge is 0.290 e. The largest absolute Gasteiger partial charge is 0.483 e. The zero-order valence-electron chi connectivity index (χ0n) is 16.7. The Balaban J connectivity index is 0.000000941. The van der Waals surface area contributed by atoms with Gasteiger partial charge in [-0.1, -0.05) is 0 Å². The first kappa shape index (κ1) is 23.4. The molecule has 1 aromatic rings. The van der Waals surface area contributed by atoms with Crippen molar-refractivity contribution in [1.29, 1.82) is 0 Å². The van der Waals surface area contributed by atoms with Crippen LogP contribution in [-0.4, -0.2) is 110 Å². The minimum Gasteiger partial charge on any atom is -0.483 e. The summed E-state index contributed by atoms with van der Waals surface area (Å²) < 4.78 is 30.6. The quantitative estimate of drug-likeness (QED) is 0.523. The molecule has 2 aliphatic rings. The molecule has 0 radical (unpaired) electrons. The molecule has 2 saturated heterocycles. The molecule has 2 aliphatic heterocycles. The number of rotatable bonds is 6. The summed E-state index contributed by atoms with van der Waals surface area (Å²) in [6.45, 7) is 4.30. The lowest BCUT2D eigenvalue weighted by Crippen LogP contribution is -2.37. The molecule has 0 amide bonds. The van der Waals surface area contributed by atoms with Crippen LogP contribution in [0.1, 0.15) is 5.56 Å². The molecule has 2 N–H and O–H groups in total. The van der Waals surface area contributed by atoms with Gasteiger partial charge in [-0.05, 0) is 0 Å². The van der Waals surface area contributed by atoms with Crippen LogP contribution in [0.4, 0.5) is 5.95 Å². The number of aliphatic hydroxyl groups is 1. The van der Waals surface area contributed by atoms with Crippen LogP contribution >= 0.6 is 0 Å². The summed E-state index contributed by atoms with van der Waals surface area (Å²) in [4.78, 5) is 21.4. The Labute approximate surface area is 171 Å². The van der Waals surface area contributed by atoms with E-state index < -0.39 is 16.1 Å². The molecule has 0 aromatic carbocycles. The number of aliphatic hydroxyl groups excluding tert-OH is 1. The first-order valence-electron chi connectivity index (χ1n) is 9.29. The van der Waals surface area contributed by atoms with Crippen LogP contribution in [0, 0.1) is 5.92 Å². The van der Waals surface area contributed by atoms with Crippen molar-refractivity contribution in [1.82, 2.24) is 19.2 Å². The van der Waals surface area contributed by atoms with Crippen LogP contribution in [0.25, 0.3) is 0 Å². The fraction of sp³-hybridized carbons (Fsp3) is 0.706. The first-order valence-corrected chi connectivity index (χ1v) is 10.9. The summed E-state index contributed by atoms with van der Waals surface area (Å²) in [5, 5.41) is 17.1. The standard InChI is InChI=1S/C16H27N5O4S.CH2O2/c1-19(2)26(23,24)12-14-10-20(11-15(14)22)9-13-7-17-16(18-8-13)21-3-5-25-6-4-21;2-1-3/h7-8,14-15,22H,3-6,9-12H2,1-2H3;1H,(H,2,3)/t14-,15-;/m0./s1. The number of carbonyl (C=O) groups is 1. The first-order chi connectivity index (χ1) is 13.8. The number of hydrogen-bond acceptors (Lipinski definition) is 9. The summed E-state index contributed by atoms with van der Waals surface area (Å²) in [7, 11) is -0.291. The van der Waals surface area contributed by atoms with Crippen LogP contribution in [0.15, 0.2) is 12.4 Å². The number of carboxylic acid groups (broad SMARTS) is 1. The van der Waals surface area contributed by atoms with Crippen LogP contribution in [0.3, 0.4) is 0 Å². The predicted molar refractivity (Wildman–Crippen MR) is 106 cm³/mol. The molecule has 1 aromatic heterocycles. The fourth-order valence-corrected chi connectivity index (χ4v) is 4.44. The second-order valence-electron chi connectivity index (χ2n) is 7.18. The summed E-state index contributed by atoms with van der Waals surface area (Å²) >= 11 is 0. The number of β-amino-alcohol motifs (C(OH)–C–C–N with tert-alkyl or cyclic N) is 1. The second-order valence-corrected chi connectivity index (χ2v) is 9.41. The molecule has 12 heteroatoms. The average Bonchev–Trinajstić information content (AvgIpc) is 3.02. The van der Waals surface area contributed by atoms with Crippen molar-refractivity contribution < 1.29 is 28.2 Å². The summed E-state index contributed by atoms with van der Waals surface area (Å²) in [6.07, 6.45) is 2.96. The highest BCUT2D eigenvalue weighted by molar-refractivity contribution is 7.89. The van der Waals surface area contributed by atoms with Crippen molar-refractivity contribution >= 4 is 22.4 Å². The molecule has 29 heavy (non-hydrogen) atoms. The number of sulfonamides is 1. The number of aromatic nitrogens is 2. The molecule has 0 spiro atoms. The van der Waals surface area contributed by atoms with Gasteiger partial charge < -0.3 is 19.8 Å². The van der Waals surface area contributed by atoms with Crippen molar-refractivity contribution in [3.8, 4) is 0 Å². The molecule has 164 valence electrons. The molecule has 0 bridgehead atoms. The SMILES string of the molecule is CN(C)S(=O)(=O)C[C@@H]1CN(Cc2cnc(N3CCOCC3)nc2)C[C@@H]1O.O=CO. The van der Waals surface area contributed by atoms with E-state index in [-0.39, 0.29) is 18.1 Å². The Morgan fingerprint density at radius 3 is 2.38 bits per heavy atom. The van der Waals surface area contributed by atoms with E-state index in [1.807, 2.05) is 4.90 Å². The van der Waals surface area contributed by atoms with Crippen molar-refractivity contribution in [3.63, 3.8) is 0 Å². The van der Waals surface area contributed by atoms with Crippen molar-refractivity contribution in [3.05, 3.63) is 18.0 Å². The van der Waals surface area contributed by atoms with Crippen molar-refractivity contribution in [2.75, 3.05) is 64.1 Å². The van der Waals surface area contributed by atoms with Gasteiger partial charge in [-0.25, -0.2) is 22.7 Å². The summed E-state index contributed by atoms with van der Waals surface area (Å²) in [5.41, 5.74) is 0.949. The van der Waals surface area contributed by atoms with E-state index in [1.54, 1.807) is 12.4 Å². The Kier molecular flexibility index (Phi) is 8.71. The highest BCUT2D eigenvalue weighted by Gasteiger charge is 2.35. The Bertz CT molecular complexity index is 739. The van der Waals surface area contributed by atoms with Gasteiger partial charge in [0.05, 0.1) is 25.1 Å². The third-order valence-corrected chi connectivity index (χ3v) is 6.82. The molecule has 0 aliphatic carbocycles. The van der Waals surface area contributed by atoms with Gasteiger partial charge in [-0.15, -0.1) is 0 Å². The topological polar surface area (TPSA) is 136 Å². The zero-order valence-corrected chi connectivity index (χ0v) is 17.5. The molecule has 0 unspecified atom stereocenters. The van der Waals surface area contributed by atoms with E-state index in [0.717, 1.165) is 18.7 Å². The molecule has 0 saturated carbocycles. The number of morpholine rings is 1. The van der Waals surface area contributed by atoms with E-state index in [1.165, 1.54) is 18.4 Å². The molecule has 11 nitrogen and oxygen atoms in total. The lowest BCUT2D eigenvalue weighted by atomic mass is 10.1. The molecule has 3 rings (SSSR count). The third kappa shape index (κ3) is 6.85. The summed E-state index contributed by atoms with van der Waals surface area (Å²) in [6, 6.07) is 0. The maximum Gasteiger partial charge on any atom is 0.290 e. The molecule has 2 atom stereocenters. The van der Waals surface area contributed by atoms with Gasteiger partial charge in [0.15, 0.2) is 0 Å². The maximum atomic E-state index is 12.0. The Morgan fingerprint density at radius 1 is 1.24 bits per heavy atom. The average molecular weight is 432 g/mol. The highest BCUT2D eigenvalue weighted by atomic mass is 32.2. The van der Waals surface area contributed by atoms with Gasteiger partial charge in [-0.2, -0.15) is 0 Å². The lowest BCUT2D eigenvalue weighted by Gasteiger charge is -2.26. The summed E-state index contributed by atoms with van der Waals surface area (Å²) in [5.74, 6) is 0.383. The maximum absolute atomic E-state index is 12.0. The zero-order chi connectivity index (χ0) is 21.4.